The molecule has 2 saturated heterocycles. The monoisotopic (exact) mass is 351 g/mol. The molecule has 7 heteroatoms. The van der Waals surface area contributed by atoms with Crippen molar-refractivity contribution >= 4 is 15.9 Å². The second kappa shape index (κ2) is 6.46. The number of carbonyl (C=O) groups excluding carboxylic acids is 1. The van der Waals surface area contributed by atoms with E-state index < -0.39 is 16.1 Å². The highest BCUT2D eigenvalue weighted by Gasteiger charge is 2.52. The van der Waals surface area contributed by atoms with Gasteiger partial charge >= 0.3 is 0 Å². The van der Waals surface area contributed by atoms with Crippen LogP contribution in [0.25, 0.3) is 0 Å². The van der Waals surface area contributed by atoms with E-state index in [0.29, 0.717) is 13.0 Å². The summed E-state index contributed by atoms with van der Waals surface area (Å²) in [7, 11) is -1.86. The van der Waals surface area contributed by atoms with Gasteiger partial charge in [-0.1, -0.05) is 29.8 Å². The Labute approximate surface area is 143 Å². The second-order valence-electron chi connectivity index (χ2n) is 6.97. The molecule has 1 amide bonds. The zero-order chi connectivity index (χ0) is 17.5. The summed E-state index contributed by atoms with van der Waals surface area (Å²) in [5.41, 5.74) is 2.46. The lowest BCUT2D eigenvalue weighted by Crippen LogP contribution is -2.49. The summed E-state index contributed by atoms with van der Waals surface area (Å²) in [5.74, 6) is 0.00684. The van der Waals surface area contributed by atoms with Gasteiger partial charge < -0.3 is 5.32 Å². The molecule has 132 valence electrons. The minimum Gasteiger partial charge on any atom is -0.358 e. The van der Waals surface area contributed by atoms with Gasteiger partial charge in [0.2, 0.25) is 15.9 Å². The van der Waals surface area contributed by atoms with Crippen molar-refractivity contribution in [2.24, 2.45) is 5.92 Å². The Kier molecular flexibility index (Phi) is 4.68. The Morgan fingerprint density at radius 2 is 1.92 bits per heavy atom. The van der Waals surface area contributed by atoms with E-state index in [4.69, 9.17) is 0 Å². The number of fused-ring (bicyclic) bond motifs is 1. The van der Waals surface area contributed by atoms with Gasteiger partial charge in [0.25, 0.3) is 0 Å². The number of benzene rings is 1. The lowest BCUT2D eigenvalue weighted by atomic mass is 10.0. The second-order valence-corrected chi connectivity index (χ2v) is 8.85. The van der Waals surface area contributed by atoms with Crippen LogP contribution in [0.5, 0.6) is 0 Å². The van der Waals surface area contributed by atoms with Crippen molar-refractivity contribution in [1.82, 2.24) is 14.5 Å². The van der Waals surface area contributed by atoms with Crippen molar-refractivity contribution in [2.75, 3.05) is 26.4 Å². The van der Waals surface area contributed by atoms with Gasteiger partial charge in [0.15, 0.2) is 0 Å². The summed E-state index contributed by atoms with van der Waals surface area (Å²) >= 11 is 0. The molecule has 1 N–H and O–H groups in total. The first-order valence-corrected chi connectivity index (χ1v) is 10.1. The molecule has 0 unspecified atom stereocenters. The number of hydrogen-bond donors (Lipinski definition) is 1. The fourth-order valence-electron chi connectivity index (χ4n) is 4.03. The highest BCUT2D eigenvalue weighted by atomic mass is 32.2. The first-order valence-electron chi connectivity index (χ1n) is 8.27. The van der Waals surface area contributed by atoms with E-state index in [9.17, 15) is 13.2 Å². The molecule has 3 atom stereocenters. The number of likely N-dealkylation sites (tertiary alicyclic amines) is 1. The van der Waals surface area contributed by atoms with Crippen molar-refractivity contribution in [3.8, 4) is 0 Å². The maximum absolute atomic E-state index is 12.2. The minimum absolute atomic E-state index is 0.104. The summed E-state index contributed by atoms with van der Waals surface area (Å²) in [6.45, 7) is 4.39. The van der Waals surface area contributed by atoms with Gasteiger partial charge in [-0.25, -0.2) is 8.42 Å². The van der Waals surface area contributed by atoms with Crippen LogP contribution in [0.15, 0.2) is 24.3 Å². The summed E-state index contributed by atoms with van der Waals surface area (Å²) in [6, 6.07) is 7.75. The largest absolute Gasteiger partial charge is 0.358 e. The quantitative estimate of drug-likeness (QED) is 0.861. The van der Waals surface area contributed by atoms with Crippen molar-refractivity contribution in [3.63, 3.8) is 0 Å². The van der Waals surface area contributed by atoms with E-state index in [1.165, 1.54) is 21.7 Å². The molecule has 6 nitrogen and oxygen atoms in total. The molecule has 0 spiro atoms. The van der Waals surface area contributed by atoms with E-state index in [0.717, 1.165) is 13.1 Å². The number of carbonyl (C=O) groups is 1. The van der Waals surface area contributed by atoms with Crippen LogP contribution in [0, 0.1) is 12.8 Å². The Balaban J connectivity index is 1.74. The fourth-order valence-corrected chi connectivity index (χ4v) is 5.40. The molecule has 2 fully saturated rings. The van der Waals surface area contributed by atoms with Crippen molar-refractivity contribution < 1.29 is 13.2 Å². The van der Waals surface area contributed by atoms with Crippen LogP contribution < -0.4 is 5.32 Å². The lowest BCUT2D eigenvalue weighted by Gasteiger charge is -2.27. The van der Waals surface area contributed by atoms with Crippen LogP contribution in [0.1, 0.15) is 17.5 Å². The molecule has 0 bridgehead atoms. The van der Waals surface area contributed by atoms with Crippen LogP contribution in [-0.2, 0) is 21.4 Å². The molecule has 2 aliphatic heterocycles. The third-order valence-electron chi connectivity index (χ3n) is 5.10. The van der Waals surface area contributed by atoms with Crippen LogP contribution in [0.3, 0.4) is 0 Å². The van der Waals surface area contributed by atoms with Gasteiger partial charge in [0.1, 0.15) is 6.04 Å². The maximum Gasteiger partial charge on any atom is 0.238 e. The molecule has 0 radical (unpaired) electrons. The summed E-state index contributed by atoms with van der Waals surface area (Å²) in [6.07, 6.45) is 1.80. The number of hydrogen-bond acceptors (Lipinski definition) is 4. The molecule has 1 aromatic rings. The van der Waals surface area contributed by atoms with Crippen molar-refractivity contribution in [2.45, 2.75) is 32.0 Å². The van der Waals surface area contributed by atoms with Crippen LogP contribution in [-0.4, -0.2) is 62.0 Å². The predicted octanol–water partition coefficient (Wildman–Crippen LogP) is 0.575. The molecule has 2 aliphatic rings. The topological polar surface area (TPSA) is 69.7 Å². The summed E-state index contributed by atoms with van der Waals surface area (Å²) < 4.78 is 25.9. The normalized spacial score (nSPS) is 28.0. The van der Waals surface area contributed by atoms with Crippen molar-refractivity contribution in [1.29, 1.82) is 0 Å². The van der Waals surface area contributed by atoms with Crippen LogP contribution >= 0.6 is 0 Å². The number of likely N-dealkylation sites (N-methyl/N-ethyl adjacent to an activating group) is 1. The average Bonchev–Trinajstić information content (AvgIpc) is 3.04. The van der Waals surface area contributed by atoms with Gasteiger partial charge in [0, 0.05) is 32.7 Å². The number of nitrogens with zero attached hydrogens (tertiary/aromatic N) is 2. The molecule has 3 rings (SSSR count). The molecular formula is C17H25N3O3S. The molecule has 0 saturated carbocycles. The van der Waals surface area contributed by atoms with Gasteiger partial charge in [0.05, 0.1) is 6.26 Å². The number of rotatable bonds is 4. The average molecular weight is 351 g/mol. The zero-order valence-corrected chi connectivity index (χ0v) is 15.2. The number of aryl methyl sites for hydroxylation is 1. The Bertz CT molecular complexity index is 717. The number of sulfonamides is 1. The predicted molar refractivity (Wildman–Crippen MR) is 92.9 cm³/mol. The molecule has 0 aromatic heterocycles. The number of nitrogens with one attached hydrogen (secondary N) is 1. The SMILES string of the molecule is CNC(=O)[C@@H]1C[C@H]2CN(Cc3ccc(C)cc3)C[C@H]2N1S(C)(=O)=O. The standard InChI is InChI=1S/C17H25N3O3S/c1-12-4-6-13(7-5-12)9-19-10-14-8-15(17(21)18-2)20(16(14)11-19)24(3,22)23/h4-7,14-16H,8-11H2,1-3H3,(H,18,21)/t14-,15-,16+/m0/s1. The summed E-state index contributed by atoms with van der Waals surface area (Å²) in [4.78, 5) is 14.4. The molecular weight excluding hydrogens is 326 g/mol. The third kappa shape index (κ3) is 3.34. The first-order chi connectivity index (χ1) is 11.3. The molecule has 24 heavy (non-hydrogen) atoms. The van der Waals surface area contributed by atoms with Gasteiger partial charge in [-0.3, -0.25) is 9.69 Å². The van der Waals surface area contributed by atoms with Crippen LogP contribution in [0.4, 0.5) is 0 Å². The van der Waals surface area contributed by atoms with Crippen molar-refractivity contribution in [3.05, 3.63) is 35.4 Å². The zero-order valence-electron chi connectivity index (χ0n) is 14.4. The Morgan fingerprint density at radius 3 is 2.50 bits per heavy atom. The van der Waals surface area contributed by atoms with E-state index in [2.05, 4.69) is 41.4 Å². The Morgan fingerprint density at radius 1 is 1.25 bits per heavy atom. The van der Waals surface area contributed by atoms with E-state index >= 15 is 0 Å². The van der Waals surface area contributed by atoms with Gasteiger partial charge in [-0.15, -0.1) is 0 Å². The van der Waals surface area contributed by atoms with Gasteiger partial charge in [-0.2, -0.15) is 4.31 Å². The summed E-state index contributed by atoms with van der Waals surface area (Å²) in [5, 5.41) is 2.60. The first kappa shape index (κ1) is 17.4. The Hall–Kier alpha value is -1.44. The van der Waals surface area contributed by atoms with Gasteiger partial charge in [-0.05, 0) is 24.8 Å². The fraction of sp³-hybridized carbons (Fsp3) is 0.588. The maximum atomic E-state index is 12.2. The van der Waals surface area contributed by atoms with E-state index in [-0.39, 0.29) is 17.9 Å². The van der Waals surface area contributed by atoms with E-state index in [1.54, 1.807) is 7.05 Å². The van der Waals surface area contributed by atoms with E-state index in [1.807, 2.05) is 0 Å². The third-order valence-corrected chi connectivity index (χ3v) is 6.39. The molecule has 0 aliphatic carbocycles. The van der Waals surface area contributed by atoms with Crippen LogP contribution in [0.2, 0.25) is 0 Å². The molecule has 2 heterocycles. The highest BCUT2D eigenvalue weighted by molar-refractivity contribution is 7.88. The highest BCUT2D eigenvalue weighted by Crippen LogP contribution is 2.38. The molecule has 1 aromatic carbocycles. The lowest BCUT2D eigenvalue weighted by molar-refractivity contribution is -0.124. The number of amides is 1. The minimum atomic E-state index is -3.42. The smallest absolute Gasteiger partial charge is 0.238 e.